The zero-order valence-corrected chi connectivity index (χ0v) is 26.8. The van der Waals surface area contributed by atoms with Crippen molar-refractivity contribution >= 4 is 73.1 Å². The van der Waals surface area contributed by atoms with E-state index in [2.05, 4.69) is 21.2 Å². The van der Waals surface area contributed by atoms with Crippen molar-refractivity contribution in [3.63, 3.8) is 0 Å². The third-order valence-electron chi connectivity index (χ3n) is 6.85. The summed E-state index contributed by atoms with van der Waals surface area (Å²) >= 11 is 5.63. The first-order chi connectivity index (χ1) is 20.8. The monoisotopic (exact) mass is 684 g/mol. The summed E-state index contributed by atoms with van der Waals surface area (Å²) in [7, 11) is 1.52. The highest BCUT2D eigenvalue weighted by Crippen LogP contribution is 2.41. The number of halogens is 1. The standard InChI is InChI=1S/C31H29BrN2O7S2/c1-3-40-30(37)26-20-11-7-8-12-23(20)42-28(26)33-25(35)16-34-29(36)24(43-31(34)38)15-19-13-21(32)27(22(14-19)39-2)41-17-18-9-5-4-6-10-18/h4-6,9-10,13-15H,3,7-8,11-12,16-17H2,1-2H3,(H,33,35). The number of rotatable bonds is 10. The predicted octanol–water partition coefficient (Wildman–Crippen LogP) is 6.83. The van der Waals surface area contributed by atoms with Crippen molar-refractivity contribution in [1.29, 1.82) is 0 Å². The number of ether oxygens (including phenoxy) is 3. The minimum Gasteiger partial charge on any atom is -0.493 e. The first-order valence-electron chi connectivity index (χ1n) is 13.7. The second-order valence-electron chi connectivity index (χ2n) is 9.76. The van der Waals surface area contributed by atoms with Crippen LogP contribution in [0.2, 0.25) is 0 Å². The van der Waals surface area contributed by atoms with Gasteiger partial charge < -0.3 is 19.5 Å². The lowest BCUT2D eigenvalue weighted by Gasteiger charge is -2.14. The van der Waals surface area contributed by atoms with Crippen LogP contribution in [0.5, 0.6) is 11.5 Å². The molecule has 2 aromatic carbocycles. The van der Waals surface area contributed by atoms with E-state index in [1.165, 1.54) is 18.4 Å². The number of benzene rings is 2. The molecule has 1 saturated heterocycles. The van der Waals surface area contributed by atoms with Gasteiger partial charge in [-0.1, -0.05) is 30.3 Å². The Labute approximate surface area is 265 Å². The summed E-state index contributed by atoms with van der Waals surface area (Å²) in [5.74, 6) is -0.681. The van der Waals surface area contributed by atoms with E-state index in [9.17, 15) is 19.2 Å². The normalized spacial score (nSPS) is 15.4. The number of carbonyl (C=O) groups excluding carboxylic acids is 4. The summed E-state index contributed by atoms with van der Waals surface area (Å²) in [5.41, 5.74) is 2.89. The maximum Gasteiger partial charge on any atom is 0.341 e. The van der Waals surface area contributed by atoms with Crippen LogP contribution < -0.4 is 14.8 Å². The van der Waals surface area contributed by atoms with E-state index >= 15 is 0 Å². The van der Waals surface area contributed by atoms with Gasteiger partial charge in [0.1, 0.15) is 18.2 Å². The second-order valence-corrected chi connectivity index (χ2v) is 12.7. The largest absolute Gasteiger partial charge is 0.493 e. The minimum atomic E-state index is -0.583. The molecule has 0 spiro atoms. The Morgan fingerprint density at radius 2 is 1.88 bits per heavy atom. The van der Waals surface area contributed by atoms with E-state index in [-0.39, 0.29) is 11.5 Å². The van der Waals surface area contributed by atoms with Crippen LogP contribution in [0.3, 0.4) is 0 Å². The van der Waals surface area contributed by atoms with Crippen LogP contribution >= 0.6 is 39.0 Å². The number of anilines is 1. The number of hydrogen-bond acceptors (Lipinski definition) is 9. The third kappa shape index (κ3) is 6.97. The highest BCUT2D eigenvalue weighted by molar-refractivity contribution is 9.10. The highest BCUT2D eigenvalue weighted by atomic mass is 79.9. The lowest BCUT2D eigenvalue weighted by Crippen LogP contribution is -2.36. The molecule has 12 heteroatoms. The molecule has 0 unspecified atom stereocenters. The van der Waals surface area contributed by atoms with Crippen LogP contribution in [0.15, 0.2) is 51.8 Å². The molecular weight excluding hydrogens is 656 g/mol. The van der Waals surface area contributed by atoms with Crippen LogP contribution in [0, 0.1) is 0 Å². The van der Waals surface area contributed by atoms with Crippen LogP contribution in [0.4, 0.5) is 9.80 Å². The number of methoxy groups -OCH3 is 1. The van der Waals surface area contributed by atoms with Crippen molar-refractivity contribution in [2.75, 3.05) is 25.6 Å². The van der Waals surface area contributed by atoms with Gasteiger partial charge >= 0.3 is 5.97 Å². The van der Waals surface area contributed by atoms with Crippen LogP contribution in [-0.2, 0) is 33.8 Å². The van der Waals surface area contributed by atoms with Gasteiger partial charge in [-0.2, -0.15) is 0 Å². The van der Waals surface area contributed by atoms with Crippen LogP contribution in [-0.4, -0.2) is 48.2 Å². The Morgan fingerprint density at radius 1 is 1.12 bits per heavy atom. The van der Waals surface area contributed by atoms with Gasteiger partial charge in [0.25, 0.3) is 11.1 Å². The Kier molecular flexibility index (Phi) is 9.89. The fourth-order valence-corrected chi connectivity index (χ4v) is 7.57. The van der Waals surface area contributed by atoms with Crippen LogP contribution in [0.25, 0.3) is 6.08 Å². The number of amides is 3. The maximum atomic E-state index is 13.2. The molecule has 9 nitrogen and oxygen atoms in total. The molecule has 1 fully saturated rings. The number of thioether (sulfide) groups is 1. The summed E-state index contributed by atoms with van der Waals surface area (Å²) in [5, 5.41) is 2.59. The Balaban J connectivity index is 1.29. The van der Waals surface area contributed by atoms with E-state index in [1.54, 1.807) is 25.1 Å². The summed E-state index contributed by atoms with van der Waals surface area (Å²) in [4.78, 5) is 53.8. The van der Waals surface area contributed by atoms with Crippen molar-refractivity contribution in [3.8, 4) is 11.5 Å². The average molecular weight is 686 g/mol. The van der Waals surface area contributed by atoms with Gasteiger partial charge in [0.05, 0.1) is 28.7 Å². The van der Waals surface area contributed by atoms with Gasteiger partial charge in [-0.25, -0.2) is 4.79 Å². The van der Waals surface area contributed by atoms with Crippen molar-refractivity contribution in [1.82, 2.24) is 4.90 Å². The quantitative estimate of drug-likeness (QED) is 0.183. The number of fused-ring (bicyclic) bond motifs is 1. The summed E-state index contributed by atoms with van der Waals surface area (Å²) < 4.78 is 17.4. The minimum absolute atomic E-state index is 0.170. The molecule has 3 amide bonds. The lowest BCUT2D eigenvalue weighted by molar-refractivity contribution is -0.127. The number of carbonyl (C=O) groups is 4. The molecule has 224 valence electrons. The topological polar surface area (TPSA) is 111 Å². The predicted molar refractivity (Wildman–Crippen MR) is 170 cm³/mol. The highest BCUT2D eigenvalue weighted by Gasteiger charge is 2.37. The van der Waals surface area contributed by atoms with Crippen molar-refractivity contribution in [2.45, 2.75) is 39.2 Å². The van der Waals surface area contributed by atoms with E-state index in [0.29, 0.717) is 38.7 Å². The molecule has 1 N–H and O–H groups in total. The number of nitrogens with one attached hydrogen (secondary N) is 1. The number of nitrogens with zero attached hydrogens (tertiary/aromatic N) is 1. The number of aryl methyl sites for hydroxylation is 1. The molecule has 0 bridgehead atoms. The molecule has 1 aliphatic heterocycles. The van der Waals surface area contributed by atoms with Gasteiger partial charge in [0, 0.05) is 4.88 Å². The zero-order valence-electron chi connectivity index (χ0n) is 23.6. The van der Waals surface area contributed by atoms with Gasteiger partial charge in [-0.05, 0) is 95.2 Å². The SMILES string of the molecule is CCOC(=O)c1c(NC(=O)CN2C(=O)SC(=Cc3cc(Br)c(OCc4ccccc4)c(OC)c3)C2=O)sc2c1CCCC2. The number of hydrogen-bond donors (Lipinski definition) is 1. The number of imide groups is 1. The van der Waals surface area contributed by atoms with Crippen molar-refractivity contribution < 1.29 is 33.4 Å². The van der Waals surface area contributed by atoms with Gasteiger partial charge in [0.2, 0.25) is 5.91 Å². The third-order valence-corrected chi connectivity index (χ3v) is 9.56. The molecule has 0 saturated carbocycles. The van der Waals surface area contributed by atoms with E-state index in [4.69, 9.17) is 14.2 Å². The first-order valence-corrected chi connectivity index (χ1v) is 16.1. The summed E-state index contributed by atoms with van der Waals surface area (Å²) in [6.45, 7) is 1.80. The molecule has 43 heavy (non-hydrogen) atoms. The van der Waals surface area contributed by atoms with E-state index < -0.39 is 29.6 Å². The van der Waals surface area contributed by atoms with Gasteiger partial charge in [-0.3, -0.25) is 19.3 Å². The number of thiophene rings is 1. The van der Waals surface area contributed by atoms with Gasteiger partial charge in [-0.15, -0.1) is 11.3 Å². The smallest absolute Gasteiger partial charge is 0.341 e. The van der Waals surface area contributed by atoms with E-state index in [0.717, 1.165) is 58.3 Å². The number of esters is 1. The Bertz CT molecular complexity index is 1600. The van der Waals surface area contributed by atoms with Crippen molar-refractivity contribution in [2.24, 2.45) is 0 Å². The molecule has 1 aliphatic carbocycles. The molecule has 2 heterocycles. The summed E-state index contributed by atoms with van der Waals surface area (Å²) in [6, 6.07) is 13.2. The zero-order chi connectivity index (χ0) is 30.5. The second kappa shape index (κ2) is 13.8. The Hall–Kier alpha value is -3.61. The molecule has 0 atom stereocenters. The fourth-order valence-electron chi connectivity index (χ4n) is 4.86. The van der Waals surface area contributed by atoms with Crippen LogP contribution in [0.1, 0.15) is 51.7 Å². The molecular formula is C31H29BrN2O7S2. The maximum absolute atomic E-state index is 13.2. The average Bonchev–Trinajstić information content (AvgIpc) is 3.48. The van der Waals surface area contributed by atoms with Crippen molar-refractivity contribution in [3.05, 3.63) is 79.0 Å². The fraction of sp³-hybridized carbons (Fsp3) is 0.290. The summed E-state index contributed by atoms with van der Waals surface area (Å²) in [6.07, 6.45) is 5.11. The van der Waals surface area contributed by atoms with E-state index in [1.807, 2.05) is 30.3 Å². The molecule has 3 aromatic rings. The molecule has 5 rings (SSSR count). The molecule has 0 radical (unpaired) electrons. The lowest BCUT2D eigenvalue weighted by atomic mass is 9.95. The Morgan fingerprint density at radius 3 is 2.63 bits per heavy atom. The first kappa shape index (κ1) is 30.8. The molecule has 1 aromatic heterocycles. The molecule has 2 aliphatic rings. The van der Waals surface area contributed by atoms with Gasteiger partial charge in [0.15, 0.2) is 11.5 Å².